The molecule has 4 bridgehead atoms. The Morgan fingerprint density at radius 1 is 0.896 bits per heavy atom. The Bertz CT molecular complexity index is 1660. The van der Waals surface area contributed by atoms with Crippen molar-refractivity contribution in [1.82, 2.24) is 10.2 Å². The first kappa shape index (κ1) is 34.5. The summed E-state index contributed by atoms with van der Waals surface area (Å²) in [5.74, 6) is 1.67. The average molecular weight is 690 g/mol. The van der Waals surface area contributed by atoms with Crippen LogP contribution in [0.5, 0.6) is 0 Å². The first-order chi connectivity index (χ1) is 23.0. The van der Waals surface area contributed by atoms with Crippen LogP contribution in [0.4, 0.5) is 5.69 Å². The van der Waals surface area contributed by atoms with Crippen LogP contribution >= 0.6 is 11.6 Å². The zero-order valence-corrected chi connectivity index (χ0v) is 29.7. The molecule has 3 aromatic carbocycles. The van der Waals surface area contributed by atoms with Crippen molar-refractivity contribution in [3.05, 3.63) is 101 Å². The van der Waals surface area contributed by atoms with Crippen LogP contribution in [0.2, 0.25) is 5.02 Å². The van der Waals surface area contributed by atoms with Crippen molar-refractivity contribution in [3.63, 3.8) is 0 Å². The quantitative estimate of drug-likeness (QED) is 0.183. The molecule has 4 aliphatic rings. The van der Waals surface area contributed by atoms with Gasteiger partial charge < -0.3 is 10.2 Å². The summed E-state index contributed by atoms with van der Waals surface area (Å²) >= 11 is 6.33. The predicted octanol–water partition coefficient (Wildman–Crippen LogP) is 7.13. The summed E-state index contributed by atoms with van der Waals surface area (Å²) in [7, 11) is -3.84. The standard InChI is InChI=1S/C39H48ClN3O4S/c1-3-4-17-41-38(45)36(22-28-9-6-5-7-10-28)42(26-29-11-8-12-34(40)21-29)37(44)27-43(48(2,46)47)35-15-13-33(14-16-35)39-23-30-18-31(24-39)20-32(19-30)25-39/h5-16,21,30-32,36H,3-4,17-20,22-27H2,1-2H3,(H,41,45)/t30?,31?,32?,36-,39?/m0/s1. The maximum atomic E-state index is 14.4. The van der Waals surface area contributed by atoms with E-state index in [0.29, 0.717) is 17.3 Å². The Kier molecular flexibility index (Phi) is 10.5. The van der Waals surface area contributed by atoms with Gasteiger partial charge in [-0.1, -0.05) is 79.5 Å². The van der Waals surface area contributed by atoms with E-state index in [9.17, 15) is 18.0 Å². The molecule has 4 saturated carbocycles. The number of sulfonamides is 1. The third kappa shape index (κ3) is 7.92. The summed E-state index contributed by atoms with van der Waals surface area (Å²) in [5.41, 5.74) is 3.58. The third-order valence-electron chi connectivity index (χ3n) is 10.8. The Labute approximate surface area is 291 Å². The number of halogens is 1. The van der Waals surface area contributed by atoms with Crippen molar-refractivity contribution in [2.45, 2.75) is 82.7 Å². The molecule has 2 amide bonds. The maximum absolute atomic E-state index is 14.4. The Balaban J connectivity index is 1.30. The summed E-state index contributed by atoms with van der Waals surface area (Å²) in [6.07, 6.45) is 10.9. The molecular weight excluding hydrogens is 642 g/mol. The predicted molar refractivity (Wildman–Crippen MR) is 192 cm³/mol. The van der Waals surface area contributed by atoms with Crippen LogP contribution < -0.4 is 9.62 Å². The highest BCUT2D eigenvalue weighted by Crippen LogP contribution is 2.60. The third-order valence-corrected chi connectivity index (χ3v) is 12.2. The highest BCUT2D eigenvalue weighted by atomic mass is 35.5. The number of benzene rings is 3. The van der Waals surface area contributed by atoms with E-state index < -0.39 is 28.5 Å². The smallest absolute Gasteiger partial charge is 0.244 e. The summed E-state index contributed by atoms with van der Waals surface area (Å²) in [4.78, 5) is 29.8. The van der Waals surface area contributed by atoms with E-state index in [1.165, 1.54) is 53.3 Å². The minimum atomic E-state index is -3.84. The molecule has 0 unspecified atom stereocenters. The molecule has 4 aliphatic carbocycles. The van der Waals surface area contributed by atoms with E-state index in [0.717, 1.165) is 48.0 Å². The highest BCUT2D eigenvalue weighted by molar-refractivity contribution is 7.92. The van der Waals surface area contributed by atoms with Gasteiger partial charge in [-0.15, -0.1) is 0 Å². The summed E-state index contributed by atoms with van der Waals surface area (Å²) in [5, 5.41) is 3.54. The SMILES string of the molecule is CCCCNC(=O)[C@H](Cc1ccccc1)N(Cc1cccc(Cl)c1)C(=O)CN(c1ccc(C23CC4CC(CC(C4)C2)C3)cc1)S(C)(=O)=O. The van der Waals surface area contributed by atoms with Gasteiger partial charge >= 0.3 is 0 Å². The van der Waals surface area contributed by atoms with Gasteiger partial charge in [-0.05, 0) is 109 Å². The van der Waals surface area contributed by atoms with Gasteiger partial charge in [0.2, 0.25) is 21.8 Å². The van der Waals surface area contributed by atoms with E-state index in [1.807, 2.05) is 54.6 Å². The van der Waals surface area contributed by atoms with Gasteiger partial charge in [0.15, 0.2) is 0 Å². The second kappa shape index (κ2) is 14.6. The molecule has 1 N–H and O–H groups in total. The lowest BCUT2D eigenvalue weighted by Gasteiger charge is -2.57. The van der Waals surface area contributed by atoms with E-state index in [-0.39, 0.29) is 24.3 Å². The molecule has 7 nitrogen and oxygen atoms in total. The fourth-order valence-electron chi connectivity index (χ4n) is 8.95. The van der Waals surface area contributed by atoms with E-state index in [1.54, 1.807) is 12.1 Å². The molecule has 9 heteroatoms. The molecule has 0 heterocycles. The topological polar surface area (TPSA) is 86.8 Å². The van der Waals surface area contributed by atoms with Gasteiger partial charge in [0, 0.05) is 24.5 Å². The van der Waals surface area contributed by atoms with Crippen molar-refractivity contribution in [2.24, 2.45) is 17.8 Å². The lowest BCUT2D eigenvalue weighted by molar-refractivity contribution is -0.140. The van der Waals surface area contributed by atoms with E-state index in [2.05, 4.69) is 24.4 Å². The molecule has 0 spiro atoms. The van der Waals surface area contributed by atoms with Crippen molar-refractivity contribution >= 4 is 39.1 Å². The second-order valence-electron chi connectivity index (χ2n) is 14.5. The van der Waals surface area contributed by atoms with Crippen LogP contribution in [0.25, 0.3) is 0 Å². The Morgan fingerprint density at radius 2 is 1.52 bits per heavy atom. The first-order valence-corrected chi connectivity index (χ1v) is 19.7. The van der Waals surface area contributed by atoms with Crippen LogP contribution in [0.1, 0.15) is 75.0 Å². The number of hydrogen-bond acceptors (Lipinski definition) is 4. The zero-order chi connectivity index (χ0) is 33.9. The minimum absolute atomic E-state index is 0.0979. The van der Waals surface area contributed by atoms with Crippen molar-refractivity contribution in [1.29, 1.82) is 0 Å². The number of nitrogens with zero attached hydrogens (tertiary/aromatic N) is 2. The van der Waals surface area contributed by atoms with Crippen LogP contribution in [-0.2, 0) is 38.0 Å². The monoisotopic (exact) mass is 689 g/mol. The van der Waals surface area contributed by atoms with Crippen LogP contribution in [-0.4, -0.2) is 50.5 Å². The van der Waals surface area contributed by atoms with Crippen molar-refractivity contribution < 1.29 is 18.0 Å². The van der Waals surface area contributed by atoms with Gasteiger partial charge in [0.05, 0.1) is 11.9 Å². The van der Waals surface area contributed by atoms with Crippen LogP contribution in [0.15, 0.2) is 78.9 Å². The van der Waals surface area contributed by atoms with Crippen LogP contribution in [0, 0.1) is 17.8 Å². The van der Waals surface area contributed by atoms with E-state index in [4.69, 9.17) is 11.6 Å². The fraction of sp³-hybridized carbons (Fsp3) is 0.487. The number of carbonyl (C=O) groups excluding carboxylic acids is 2. The Morgan fingerprint density at radius 3 is 2.10 bits per heavy atom. The lowest BCUT2D eigenvalue weighted by atomic mass is 9.48. The van der Waals surface area contributed by atoms with Crippen molar-refractivity contribution in [3.8, 4) is 0 Å². The molecule has 0 aromatic heterocycles. The number of unbranched alkanes of at least 4 members (excludes halogenated alkanes) is 1. The minimum Gasteiger partial charge on any atom is -0.354 e. The number of nitrogens with one attached hydrogen (secondary N) is 1. The summed E-state index contributed by atoms with van der Waals surface area (Å²) < 4.78 is 27.8. The summed E-state index contributed by atoms with van der Waals surface area (Å²) in [6, 6.07) is 23.8. The molecule has 0 aliphatic heterocycles. The molecule has 4 fully saturated rings. The van der Waals surface area contributed by atoms with E-state index >= 15 is 0 Å². The normalized spacial score (nSPS) is 23.4. The lowest BCUT2D eigenvalue weighted by Crippen LogP contribution is -2.53. The number of hydrogen-bond donors (Lipinski definition) is 1. The fourth-order valence-corrected chi connectivity index (χ4v) is 10.0. The maximum Gasteiger partial charge on any atom is 0.244 e. The van der Waals surface area contributed by atoms with Crippen molar-refractivity contribution in [2.75, 3.05) is 23.7 Å². The van der Waals surface area contributed by atoms with Gasteiger partial charge in [-0.3, -0.25) is 13.9 Å². The van der Waals surface area contributed by atoms with Gasteiger partial charge in [-0.25, -0.2) is 8.42 Å². The second-order valence-corrected chi connectivity index (χ2v) is 16.9. The molecule has 7 rings (SSSR count). The molecule has 256 valence electrons. The summed E-state index contributed by atoms with van der Waals surface area (Å²) in [6.45, 7) is 2.22. The number of anilines is 1. The number of amides is 2. The van der Waals surface area contributed by atoms with Crippen LogP contribution in [0.3, 0.4) is 0 Å². The molecule has 1 atom stereocenters. The molecule has 3 aromatic rings. The zero-order valence-electron chi connectivity index (χ0n) is 28.1. The Hall–Kier alpha value is -3.36. The molecular formula is C39H48ClN3O4S. The number of rotatable bonds is 14. The largest absolute Gasteiger partial charge is 0.354 e. The van der Waals surface area contributed by atoms with Gasteiger partial charge in [0.25, 0.3) is 0 Å². The first-order valence-electron chi connectivity index (χ1n) is 17.5. The molecule has 0 saturated heterocycles. The number of carbonyl (C=O) groups is 2. The van der Waals surface area contributed by atoms with Gasteiger partial charge in [-0.2, -0.15) is 0 Å². The van der Waals surface area contributed by atoms with Gasteiger partial charge in [0.1, 0.15) is 12.6 Å². The average Bonchev–Trinajstić information content (AvgIpc) is 3.04. The molecule has 0 radical (unpaired) electrons. The highest BCUT2D eigenvalue weighted by Gasteiger charge is 2.51. The molecule has 48 heavy (non-hydrogen) atoms.